The van der Waals surface area contributed by atoms with E-state index in [4.69, 9.17) is 4.74 Å². The fourth-order valence-corrected chi connectivity index (χ4v) is 3.20. The van der Waals surface area contributed by atoms with Crippen molar-refractivity contribution in [3.05, 3.63) is 0 Å². The zero-order chi connectivity index (χ0) is 13.2. The fourth-order valence-electron chi connectivity index (χ4n) is 3.20. The standard InChI is InChI=1S/C14H25NO3/c1-3-4-12-9-11(5-8-18-12)15-7-6-14(2,10-15)13(16)17/h11-12H,3-10H2,1-2H3,(H,16,17). The van der Waals surface area contributed by atoms with Crippen molar-refractivity contribution in [3.8, 4) is 0 Å². The first-order chi connectivity index (χ1) is 8.55. The summed E-state index contributed by atoms with van der Waals surface area (Å²) in [7, 11) is 0. The second-order valence-electron chi connectivity index (χ2n) is 6.05. The maximum Gasteiger partial charge on any atom is 0.310 e. The van der Waals surface area contributed by atoms with E-state index in [1.54, 1.807) is 0 Å². The van der Waals surface area contributed by atoms with Crippen molar-refractivity contribution in [3.63, 3.8) is 0 Å². The van der Waals surface area contributed by atoms with Crippen molar-refractivity contribution in [2.24, 2.45) is 5.41 Å². The predicted molar refractivity (Wildman–Crippen MR) is 69.6 cm³/mol. The minimum atomic E-state index is -0.651. The van der Waals surface area contributed by atoms with Gasteiger partial charge in [0.15, 0.2) is 0 Å². The van der Waals surface area contributed by atoms with E-state index in [1.165, 1.54) is 0 Å². The zero-order valence-electron chi connectivity index (χ0n) is 11.5. The lowest BCUT2D eigenvalue weighted by atomic mass is 9.90. The van der Waals surface area contributed by atoms with E-state index in [2.05, 4.69) is 11.8 Å². The number of rotatable bonds is 4. The van der Waals surface area contributed by atoms with E-state index < -0.39 is 11.4 Å². The molecule has 0 bridgehead atoms. The van der Waals surface area contributed by atoms with E-state index in [1.807, 2.05) is 6.92 Å². The van der Waals surface area contributed by atoms with Gasteiger partial charge in [-0.2, -0.15) is 0 Å². The van der Waals surface area contributed by atoms with Crippen molar-refractivity contribution in [2.45, 2.75) is 58.1 Å². The van der Waals surface area contributed by atoms with E-state index in [0.717, 1.165) is 45.3 Å². The minimum absolute atomic E-state index is 0.380. The molecule has 4 nitrogen and oxygen atoms in total. The van der Waals surface area contributed by atoms with Crippen LogP contribution in [0.1, 0.15) is 46.0 Å². The predicted octanol–water partition coefficient (Wildman–Crippen LogP) is 2.13. The van der Waals surface area contributed by atoms with Crippen molar-refractivity contribution >= 4 is 5.97 Å². The molecule has 0 aromatic heterocycles. The topological polar surface area (TPSA) is 49.8 Å². The molecule has 0 aliphatic carbocycles. The Kier molecular flexibility index (Phi) is 4.28. The maximum absolute atomic E-state index is 11.3. The van der Waals surface area contributed by atoms with Crippen LogP contribution < -0.4 is 0 Å². The van der Waals surface area contributed by atoms with Gasteiger partial charge in [0, 0.05) is 19.2 Å². The van der Waals surface area contributed by atoms with Gasteiger partial charge in [0.1, 0.15) is 0 Å². The van der Waals surface area contributed by atoms with Crippen LogP contribution in [0.5, 0.6) is 0 Å². The van der Waals surface area contributed by atoms with E-state index >= 15 is 0 Å². The molecule has 4 heteroatoms. The lowest BCUT2D eigenvalue weighted by Gasteiger charge is -2.36. The summed E-state index contributed by atoms with van der Waals surface area (Å²) < 4.78 is 5.76. The number of carboxylic acids is 1. The summed E-state index contributed by atoms with van der Waals surface area (Å²) in [4.78, 5) is 13.6. The number of hydrogen-bond donors (Lipinski definition) is 1. The van der Waals surface area contributed by atoms with Crippen LogP contribution in [-0.2, 0) is 9.53 Å². The third-order valence-corrected chi connectivity index (χ3v) is 4.49. The fraction of sp³-hybridized carbons (Fsp3) is 0.929. The van der Waals surface area contributed by atoms with Crippen molar-refractivity contribution < 1.29 is 14.6 Å². The van der Waals surface area contributed by atoms with Crippen LogP contribution in [0.25, 0.3) is 0 Å². The Balaban J connectivity index is 1.91. The minimum Gasteiger partial charge on any atom is -0.481 e. The normalized spacial score (nSPS) is 37.9. The van der Waals surface area contributed by atoms with Gasteiger partial charge in [-0.3, -0.25) is 9.69 Å². The number of ether oxygens (including phenoxy) is 1. The van der Waals surface area contributed by atoms with Crippen LogP contribution in [0.15, 0.2) is 0 Å². The lowest BCUT2D eigenvalue weighted by Crippen LogP contribution is -2.43. The average molecular weight is 255 g/mol. The Labute approximate surface area is 109 Å². The number of hydrogen-bond acceptors (Lipinski definition) is 3. The number of aliphatic carboxylic acids is 1. The van der Waals surface area contributed by atoms with Crippen LogP contribution in [0.4, 0.5) is 0 Å². The smallest absolute Gasteiger partial charge is 0.310 e. The summed E-state index contributed by atoms with van der Waals surface area (Å²) in [6, 6.07) is 0.525. The first-order valence-electron chi connectivity index (χ1n) is 7.14. The van der Waals surface area contributed by atoms with Gasteiger partial charge in [-0.1, -0.05) is 13.3 Å². The molecule has 2 aliphatic rings. The van der Waals surface area contributed by atoms with Gasteiger partial charge in [0.2, 0.25) is 0 Å². The molecule has 0 aromatic carbocycles. The molecule has 0 saturated carbocycles. The monoisotopic (exact) mass is 255 g/mol. The summed E-state index contributed by atoms with van der Waals surface area (Å²) in [5, 5.41) is 9.27. The molecule has 0 radical (unpaired) electrons. The first-order valence-corrected chi connectivity index (χ1v) is 7.14. The van der Waals surface area contributed by atoms with Gasteiger partial charge in [-0.25, -0.2) is 0 Å². The van der Waals surface area contributed by atoms with Crippen LogP contribution in [0.3, 0.4) is 0 Å². The highest BCUT2D eigenvalue weighted by Crippen LogP contribution is 2.34. The Morgan fingerprint density at radius 3 is 2.94 bits per heavy atom. The highest BCUT2D eigenvalue weighted by molar-refractivity contribution is 5.74. The SMILES string of the molecule is CCCC1CC(N2CCC(C)(C(=O)O)C2)CCO1. The summed E-state index contributed by atoms with van der Waals surface area (Å²) in [6.07, 6.45) is 5.56. The summed E-state index contributed by atoms with van der Waals surface area (Å²) in [5.41, 5.74) is -0.543. The molecule has 3 unspecified atom stereocenters. The third kappa shape index (κ3) is 2.86. The van der Waals surface area contributed by atoms with Crippen LogP contribution >= 0.6 is 0 Å². The Hall–Kier alpha value is -0.610. The Morgan fingerprint density at radius 1 is 1.56 bits per heavy atom. The van der Waals surface area contributed by atoms with Crippen molar-refractivity contribution in [2.75, 3.05) is 19.7 Å². The molecule has 104 valence electrons. The van der Waals surface area contributed by atoms with Gasteiger partial charge in [-0.15, -0.1) is 0 Å². The quantitative estimate of drug-likeness (QED) is 0.836. The van der Waals surface area contributed by atoms with Gasteiger partial charge in [0.25, 0.3) is 0 Å². The van der Waals surface area contributed by atoms with Crippen LogP contribution in [0.2, 0.25) is 0 Å². The second kappa shape index (κ2) is 5.57. The number of carbonyl (C=O) groups is 1. The number of carboxylic acid groups (broad SMARTS) is 1. The largest absolute Gasteiger partial charge is 0.481 e. The highest BCUT2D eigenvalue weighted by Gasteiger charge is 2.43. The lowest BCUT2D eigenvalue weighted by molar-refractivity contribution is -0.147. The van der Waals surface area contributed by atoms with Gasteiger partial charge in [0.05, 0.1) is 11.5 Å². The molecule has 18 heavy (non-hydrogen) atoms. The number of likely N-dealkylation sites (tertiary alicyclic amines) is 1. The molecule has 0 amide bonds. The highest BCUT2D eigenvalue weighted by atomic mass is 16.5. The molecule has 2 saturated heterocycles. The van der Waals surface area contributed by atoms with E-state index in [-0.39, 0.29) is 0 Å². The molecular formula is C14H25NO3. The van der Waals surface area contributed by atoms with Gasteiger partial charge >= 0.3 is 5.97 Å². The molecule has 0 spiro atoms. The van der Waals surface area contributed by atoms with Gasteiger partial charge in [-0.05, 0) is 39.2 Å². The molecule has 2 aliphatic heterocycles. The van der Waals surface area contributed by atoms with Crippen molar-refractivity contribution in [1.82, 2.24) is 4.90 Å². The maximum atomic E-state index is 11.3. The Morgan fingerprint density at radius 2 is 2.33 bits per heavy atom. The van der Waals surface area contributed by atoms with Crippen molar-refractivity contribution in [1.29, 1.82) is 0 Å². The molecule has 2 heterocycles. The second-order valence-corrected chi connectivity index (χ2v) is 6.05. The average Bonchev–Trinajstić information content (AvgIpc) is 2.74. The summed E-state index contributed by atoms with van der Waals surface area (Å²) >= 11 is 0. The molecule has 2 rings (SSSR count). The molecule has 2 fully saturated rings. The zero-order valence-corrected chi connectivity index (χ0v) is 11.5. The molecule has 3 atom stereocenters. The molecular weight excluding hydrogens is 230 g/mol. The molecule has 0 aromatic rings. The first kappa shape index (κ1) is 13.8. The Bertz CT molecular complexity index is 305. The summed E-state index contributed by atoms with van der Waals surface area (Å²) in [6.45, 7) is 6.51. The summed E-state index contributed by atoms with van der Waals surface area (Å²) in [5.74, 6) is -0.651. The third-order valence-electron chi connectivity index (χ3n) is 4.49. The molecule has 1 N–H and O–H groups in total. The van der Waals surface area contributed by atoms with Gasteiger partial charge < -0.3 is 9.84 Å². The van der Waals surface area contributed by atoms with E-state index in [0.29, 0.717) is 18.7 Å². The van der Waals surface area contributed by atoms with E-state index in [9.17, 15) is 9.90 Å². The van der Waals surface area contributed by atoms with Crippen LogP contribution in [-0.4, -0.2) is 47.8 Å². The number of nitrogens with zero attached hydrogens (tertiary/aromatic N) is 1. The van der Waals surface area contributed by atoms with Crippen LogP contribution in [0, 0.1) is 5.41 Å².